The number of fused-ring (bicyclic) bond motifs is 1. The molecule has 150 valence electrons. The van der Waals surface area contributed by atoms with Gasteiger partial charge >= 0.3 is 5.69 Å². The molecule has 0 radical (unpaired) electrons. The van der Waals surface area contributed by atoms with Crippen LogP contribution in [0, 0.1) is 5.95 Å². The number of nitrogens with zero attached hydrogens (tertiary/aromatic N) is 4. The van der Waals surface area contributed by atoms with Gasteiger partial charge in [-0.3, -0.25) is 9.13 Å². The molecule has 1 aromatic carbocycles. The SMILES string of the molecule is CCn1c(Cc2ccc(OC)cc2Cl)cn(Cc2nc3nc(F)ccc3[nH]2)c1=O. The van der Waals surface area contributed by atoms with Crippen molar-refractivity contribution in [3.63, 3.8) is 0 Å². The van der Waals surface area contributed by atoms with E-state index in [9.17, 15) is 9.18 Å². The van der Waals surface area contributed by atoms with Gasteiger partial charge in [0, 0.05) is 29.9 Å². The summed E-state index contributed by atoms with van der Waals surface area (Å²) < 4.78 is 21.7. The minimum absolute atomic E-state index is 0.147. The Balaban J connectivity index is 1.65. The van der Waals surface area contributed by atoms with Gasteiger partial charge in [-0.2, -0.15) is 9.37 Å². The first kappa shape index (κ1) is 19.2. The fraction of sp³-hybridized carbons (Fsp3) is 0.250. The highest BCUT2D eigenvalue weighted by atomic mass is 35.5. The average molecular weight is 416 g/mol. The lowest BCUT2D eigenvalue weighted by Crippen LogP contribution is -2.25. The van der Waals surface area contributed by atoms with Crippen molar-refractivity contribution in [1.82, 2.24) is 24.1 Å². The average Bonchev–Trinajstić information content (AvgIpc) is 3.23. The molecule has 3 heterocycles. The van der Waals surface area contributed by atoms with E-state index in [0.717, 1.165) is 11.3 Å². The van der Waals surface area contributed by atoms with Gasteiger partial charge in [-0.25, -0.2) is 9.78 Å². The van der Waals surface area contributed by atoms with Crippen molar-refractivity contribution in [2.45, 2.75) is 26.4 Å². The summed E-state index contributed by atoms with van der Waals surface area (Å²) in [5, 5.41) is 0.581. The van der Waals surface area contributed by atoms with Crippen molar-refractivity contribution in [1.29, 1.82) is 0 Å². The molecule has 0 unspecified atom stereocenters. The van der Waals surface area contributed by atoms with Crippen LogP contribution in [0.1, 0.15) is 24.0 Å². The smallest absolute Gasteiger partial charge is 0.328 e. The zero-order valence-electron chi connectivity index (χ0n) is 15.9. The summed E-state index contributed by atoms with van der Waals surface area (Å²) in [4.78, 5) is 23.9. The van der Waals surface area contributed by atoms with Crippen LogP contribution in [0.25, 0.3) is 11.2 Å². The van der Waals surface area contributed by atoms with Gasteiger partial charge in [-0.1, -0.05) is 17.7 Å². The number of hydrogen-bond donors (Lipinski definition) is 1. The second-order valence-corrected chi connectivity index (χ2v) is 7.01. The van der Waals surface area contributed by atoms with Crippen LogP contribution in [-0.4, -0.2) is 31.2 Å². The number of aromatic nitrogens is 5. The summed E-state index contributed by atoms with van der Waals surface area (Å²) in [6.07, 6.45) is 2.30. The molecule has 7 nitrogen and oxygen atoms in total. The summed E-state index contributed by atoms with van der Waals surface area (Å²) >= 11 is 6.36. The monoisotopic (exact) mass is 415 g/mol. The third-order valence-corrected chi connectivity index (χ3v) is 5.11. The molecule has 0 atom stereocenters. The second-order valence-electron chi connectivity index (χ2n) is 6.60. The molecule has 0 spiro atoms. The fourth-order valence-electron chi connectivity index (χ4n) is 3.32. The molecule has 0 amide bonds. The highest BCUT2D eigenvalue weighted by molar-refractivity contribution is 6.31. The number of ether oxygens (including phenoxy) is 1. The van der Waals surface area contributed by atoms with Crippen LogP contribution >= 0.6 is 11.6 Å². The van der Waals surface area contributed by atoms with Gasteiger partial charge in [0.05, 0.1) is 19.2 Å². The zero-order chi connectivity index (χ0) is 20.5. The largest absolute Gasteiger partial charge is 0.497 e. The number of halogens is 2. The molecule has 0 fully saturated rings. The van der Waals surface area contributed by atoms with Crippen molar-refractivity contribution in [2.75, 3.05) is 7.11 Å². The standard InChI is InChI=1S/C20H19ClFN5O2/c1-3-27-13(8-12-4-5-14(29-2)9-15(12)21)10-26(20(27)28)11-18-23-16-6-7-17(22)24-19(16)25-18/h4-7,9-10H,3,8,11H2,1-2H3,(H,23,24,25). The molecule has 29 heavy (non-hydrogen) atoms. The van der Waals surface area contributed by atoms with E-state index in [4.69, 9.17) is 16.3 Å². The molecule has 0 aliphatic heterocycles. The van der Waals surface area contributed by atoms with Gasteiger partial charge in [-0.05, 0) is 36.8 Å². The van der Waals surface area contributed by atoms with E-state index in [1.165, 1.54) is 6.07 Å². The van der Waals surface area contributed by atoms with E-state index in [1.54, 1.807) is 34.6 Å². The van der Waals surface area contributed by atoms with Gasteiger partial charge in [-0.15, -0.1) is 0 Å². The first-order valence-electron chi connectivity index (χ1n) is 9.11. The van der Waals surface area contributed by atoms with Crippen LogP contribution in [-0.2, 0) is 19.5 Å². The number of nitrogens with one attached hydrogen (secondary N) is 1. The van der Waals surface area contributed by atoms with Crippen molar-refractivity contribution in [3.8, 4) is 5.75 Å². The summed E-state index contributed by atoms with van der Waals surface area (Å²) in [6.45, 7) is 2.67. The van der Waals surface area contributed by atoms with Gasteiger partial charge in [0.1, 0.15) is 11.6 Å². The maximum absolute atomic E-state index is 13.3. The topological polar surface area (TPSA) is 77.7 Å². The number of H-pyrrole nitrogens is 1. The van der Waals surface area contributed by atoms with Gasteiger partial charge < -0.3 is 9.72 Å². The summed E-state index contributed by atoms with van der Waals surface area (Å²) in [7, 11) is 1.59. The van der Waals surface area contributed by atoms with E-state index in [1.807, 2.05) is 19.1 Å². The molecular formula is C20H19ClFN5O2. The molecule has 0 saturated carbocycles. The Hall–Kier alpha value is -3.13. The van der Waals surface area contributed by atoms with Gasteiger partial charge in [0.15, 0.2) is 5.65 Å². The van der Waals surface area contributed by atoms with Crippen LogP contribution in [0.3, 0.4) is 0 Å². The lowest BCUT2D eigenvalue weighted by molar-refractivity contribution is 0.414. The van der Waals surface area contributed by atoms with Crippen molar-refractivity contribution in [2.24, 2.45) is 0 Å². The van der Waals surface area contributed by atoms with E-state index in [-0.39, 0.29) is 17.9 Å². The quantitative estimate of drug-likeness (QED) is 0.490. The van der Waals surface area contributed by atoms with Crippen LogP contribution in [0.15, 0.2) is 41.3 Å². The maximum atomic E-state index is 13.3. The maximum Gasteiger partial charge on any atom is 0.328 e. The molecular weight excluding hydrogens is 397 g/mol. The molecule has 1 N–H and O–H groups in total. The number of pyridine rings is 1. The fourth-order valence-corrected chi connectivity index (χ4v) is 3.56. The predicted octanol–water partition coefficient (Wildman–Crippen LogP) is 3.38. The van der Waals surface area contributed by atoms with Gasteiger partial charge in [0.2, 0.25) is 5.95 Å². The molecule has 0 saturated heterocycles. The first-order valence-corrected chi connectivity index (χ1v) is 9.48. The molecule has 0 bridgehead atoms. The number of aromatic amines is 1. The van der Waals surface area contributed by atoms with Crippen molar-refractivity contribution < 1.29 is 9.13 Å². The van der Waals surface area contributed by atoms with Crippen molar-refractivity contribution in [3.05, 3.63) is 75.1 Å². The minimum Gasteiger partial charge on any atom is -0.497 e. The molecule has 0 aliphatic carbocycles. The Morgan fingerprint density at radius 3 is 2.79 bits per heavy atom. The molecule has 0 aliphatic rings. The lowest BCUT2D eigenvalue weighted by atomic mass is 10.1. The highest BCUT2D eigenvalue weighted by Crippen LogP contribution is 2.24. The molecule has 3 aromatic heterocycles. The Bertz CT molecular complexity index is 1240. The molecule has 9 heteroatoms. The van der Waals surface area contributed by atoms with Crippen LogP contribution in [0.5, 0.6) is 5.75 Å². The Kier molecular flexibility index (Phi) is 5.10. The van der Waals surface area contributed by atoms with Gasteiger partial charge in [0.25, 0.3) is 0 Å². The first-order chi connectivity index (χ1) is 14.0. The lowest BCUT2D eigenvalue weighted by Gasteiger charge is -2.08. The van der Waals surface area contributed by atoms with Crippen LogP contribution in [0.2, 0.25) is 5.02 Å². The van der Waals surface area contributed by atoms with E-state index < -0.39 is 5.95 Å². The van der Waals surface area contributed by atoms with Crippen molar-refractivity contribution >= 4 is 22.8 Å². The zero-order valence-corrected chi connectivity index (χ0v) is 16.7. The third kappa shape index (κ3) is 3.75. The Morgan fingerprint density at radius 1 is 1.24 bits per heavy atom. The highest BCUT2D eigenvalue weighted by Gasteiger charge is 2.14. The number of methoxy groups -OCH3 is 1. The number of imidazole rings is 2. The summed E-state index contributed by atoms with van der Waals surface area (Å²) in [6, 6.07) is 8.32. The third-order valence-electron chi connectivity index (χ3n) is 4.76. The normalized spacial score (nSPS) is 11.3. The molecule has 4 rings (SSSR count). The van der Waals surface area contributed by atoms with E-state index >= 15 is 0 Å². The number of rotatable bonds is 6. The number of hydrogen-bond acceptors (Lipinski definition) is 4. The summed E-state index contributed by atoms with van der Waals surface area (Å²) in [5.74, 6) is 0.616. The van der Waals surface area contributed by atoms with Crippen LogP contribution in [0.4, 0.5) is 4.39 Å². The van der Waals surface area contributed by atoms with E-state index in [0.29, 0.717) is 35.1 Å². The van der Waals surface area contributed by atoms with E-state index in [2.05, 4.69) is 15.0 Å². The Morgan fingerprint density at radius 2 is 2.07 bits per heavy atom. The number of benzene rings is 1. The molecule has 4 aromatic rings. The van der Waals surface area contributed by atoms with Crippen LogP contribution < -0.4 is 10.4 Å². The Labute approximate surface area is 170 Å². The second kappa shape index (κ2) is 7.71. The predicted molar refractivity (Wildman–Crippen MR) is 108 cm³/mol. The minimum atomic E-state index is -0.594. The summed E-state index contributed by atoms with van der Waals surface area (Å²) in [5.41, 5.74) is 2.50.